The van der Waals surface area contributed by atoms with Crippen molar-refractivity contribution in [2.45, 2.75) is 13.1 Å². The van der Waals surface area contributed by atoms with Gasteiger partial charge in [-0.2, -0.15) is 18.2 Å². The van der Waals surface area contributed by atoms with Crippen molar-refractivity contribution in [3.05, 3.63) is 45.8 Å². The fraction of sp³-hybridized carbons (Fsp3) is 0.176. The van der Waals surface area contributed by atoms with Crippen molar-refractivity contribution >= 4 is 40.2 Å². The van der Waals surface area contributed by atoms with E-state index in [2.05, 4.69) is 9.97 Å². The third-order valence-corrected chi connectivity index (χ3v) is 3.94. The summed E-state index contributed by atoms with van der Waals surface area (Å²) in [4.78, 5) is 32.1. The van der Waals surface area contributed by atoms with Crippen LogP contribution in [-0.2, 0) is 4.79 Å². The topological polar surface area (TPSA) is 112 Å². The largest absolute Gasteiger partial charge is 0.419 e. The molecule has 0 saturated heterocycles. The molecule has 2 heterocycles. The van der Waals surface area contributed by atoms with Crippen molar-refractivity contribution in [3.8, 4) is 11.4 Å². The van der Waals surface area contributed by atoms with Gasteiger partial charge >= 0.3 is 17.7 Å². The first-order valence-electron chi connectivity index (χ1n) is 8.03. The monoisotopic (exact) mass is 427 g/mol. The molecule has 0 amide bonds. The average molecular weight is 428 g/mol. The zero-order chi connectivity index (χ0) is 21.3. The molecule has 1 aromatic carbocycles. The van der Waals surface area contributed by atoms with E-state index in [-0.39, 0.29) is 28.4 Å². The summed E-state index contributed by atoms with van der Waals surface area (Å²) < 4.78 is 43.4. The summed E-state index contributed by atoms with van der Waals surface area (Å²) in [5.41, 5.74) is 5.10. The van der Waals surface area contributed by atoms with E-state index in [0.717, 1.165) is 17.7 Å². The van der Waals surface area contributed by atoms with Gasteiger partial charge in [0, 0.05) is 18.1 Å². The van der Waals surface area contributed by atoms with Crippen molar-refractivity contribution in [1.82, 2.24) is 14.5 Å². The Hall–Kier alpha value is -3.34. The zero-order valence-electron chi connectivity index (χ0n) is 14.7. The number of esters is 1. The lowest BCUT2D eigenvalue weighted by Gasteiger charge is -2.15. The van der Waals surface area contributed by atoms with Crippen LogP contribution in [0.25, 0.3) is 16.7 Å². The van der Waals surface area contributed by atoms with Gasteiger partial charge in [-0.15, -0.1) is 0 Å². The van der Waals surface area contributed by atoms with Gasteiger partial charge in [-0.25, -0.2) is 4.98 Å². The Morgan fingerprint density at radius 3 is 2.55 bits per heavy atom. The molecular weight excluding hydrogens is 415 g/mol. The quantitative estimate of drug-likeness (QED) is 0.615. The molecule has 0 fully saturated rings. The number of alkyl halides is 3. The number of aromatic nitrogens is 3. The molecule has 0 spiro atoms. The fourth-order valence-electron chi connectivity index (χ4n) is 2.51. The maximum absolute atomic E-state index is 13.0. The minimum Gasteiger partial charge on any atom is -0.419 e. The number of pyridine rings is 1. The van der Waals surface area contributed by atoms with E-state index in [4.69, 9.17) is 22.1 Å². The van der Waals surface area contributed by atoms with Gasteiger partial charge in [0.15, 0.2) is 5.65 Å². The number of hydrogen-bond donors (Lipinski definition) is 2. The number of nitrogens with two attached hydrogens (primary N) is 1. The van der Waals surface area contributed by atoms with Crippen molar-refractivity contribution in [2.24, 2.45) is 0 Å². The van der Waals surface area contributed by atoms with Gasteiger partial charge < -0.3 is 15.8 Å². The number of fused-ring (bicyclic) bond motifs is 1. The van der Waals surface area contributed by atoms with E-state index in [9.17, 15) is 22.8 Å². The van der Waals surface area contributed by atoms with E-state index in [1.807, 2.05) is 5.32 Å². The minimum absolute atomic E-state index is 0.0783. The molecule has 3 N–H and O–H groups in total. The number of carbonyl (C=O) groups excluding carboxylic acids is 1. The minimum atomic E-state index is -4.49. The van der Waals surface area contributed by atoms with E-state index in [0.29, 0.717) is 5.02 Å². The standard InChI is InChI=1S/C17H13ClF3N5O3/c1-8(27)29-13-12(22)11-6-23-16(24-7-17(19,20)21)25-14(11)26(15(13)28)10-4-2-9(18)3-5-10/h2-6H,7,22H2,1H3,(H,23,24,25). The van der Waals surface area contributed by atoms with Gasteiger partial charge in [-0.1, -0.05) is 11.6 Å². The predicted octanol–water partition coefficient (Wildman–Crippen LogP) is 2.92. The fourth-order valence-corrected chi connectivity index (χ4v) is 2.63. The lowest BCUT2D eigenvalue weighted by atomic mass is 10.2. The van der Waals surface area contributed by atoms with Crippen LogP contribution in [0.3, 0.4) is 0 Å². The van der Waals surface area contributed by atoms with Crippen LogP contribution < -0.4 is 21.3 Å². The molecule has 0 radical (unpaired) electrons. The first-order chi connectivity index (χ1) is 13.6. The smallest absolute Gasteiger partial charge is 0.405 e. The average Bonchev–Trinajstić information content (AvgIpc) is 2.64. The van der Waals surface area contributed by atoms with Crippen LogP contribution in [0.1, 0.15) is 6.92 Å². The molecular formula is C17H13ClF3N5O3. The lowest BCUT2D eigenvalue weighted by molar-refractivity contribution is -0.132. The molecule has 0 aliphatic heterocycles. The Morgan fingerprint density at radius 1 is 1.31 bits per heavy atom. The van der Waals surface area contributed by atoms with E-state index in [1.165, 1.54) is 24.3 Å². The summed E-state index contributed by atoms with van der Waals surface area (Å²) in [5, 5.41) is 2.54. The summed E-state index contributed by atoms with van der Waals surface area (Å²) in [6.07, 6.45) is -3.36. The number of hydrogen-bond acceptors (Lipinski definition) is 7. The number of ether oxygens (including phenoxy) is 1. The first kappa shape index (κ1) is 20.4. The molecule has 3 rings (SSSR count). The molecule has 0 aliphatic rings. The van der Waals surface area contributed by atoms with Crippen LogP contribution in [0.5, 0.6) is 5.75 Å². The van der Waals surface area contributed by atoms with Crippen LogP contribution in [0.2, 0.25) is 5.02 Å². The van der Waals surface area contributed by atoms with Gasteiger partial charge in [-0.3, -0.25) is 14.2 Å². The normalized spacial score (nSPS) is 11.5. The van der Waals surface area contributed by atoms with E-state index >= 15 is 0 Å². The molecule has 8 nitrogen and oxygen atoms in total. The number of anilines is 2. The SMILES string of the molecule is CC(=O)Oc1c(N)c2cnc(NCC(F)(F)F)nc2n(-c2ccc(Cl)cc2)c1=O. The van der Waals surface area contributed by atoms with Crippen molar-refractivity contribution < 1.29 is 22.7 Å². The second-order valence-electron chi connectivity index (χ2n) is 5.85. The third kappa shape index (κ3) is 4.40. The molecule has 29 heavy (non-hydrogen) atoms. The molecule has 3 aromatic rings. The highest BCUT2D eigenvalue weighted by Gasteiger charge is 2.27. The molecule has 152 valence electrons. The number of nitrogens with one attached hydrogen (secondary N) is 1. The van der Waals surface area contributed by atoms with E-state index < -0.39 is 30.0 Å². The summed E-state index contributed by atoms with van der Waals surface area (Å²) in [5.74, 6) is -1.59. The van der Waals surface area contributed by atoms with Crippen molar-refractivity contribution in [1.29, 1.82) is 0 Å². The molecule has 0 saturated carbocycles. The molecule has 0 aliphatic carbocycles. The van der Waals surface area contributed by atoms with Crippen LogP contribution in [0, 0.1) is 0 Å². The Labute approximate surface area is 166 Å². The summed E-state index contributed by atoms with van der Waals surface area (Å²) in [6, 6.07) is 5.98. The van der Waals surface area contributed by atoms with Gasteiger partial charge in [0.2, 0.25) is 11.7 Å². The number of halogens is 4. The van der Waals surface area contributed by atoms with Crippen LogP contribution in [0.15, 0.2) is 35.3 Å². The highest BCUT2D eigenvalue weighted by atomic mass is 35.5. The van der Waals surface area contributed by atoms with Crippen LogP contribution in [0.4, 0.5) is 24.8 Å². The molecule has 2 aromatic heterocycles. The third-order valence-electron chi connectivity index (χ3n) is 3.69. The van der Waals surface area contributed by atoms with Gasteiger partial charge in [-0.05, 0) is 24.3 Å². The molecule has 12 heteroatoms. The Morgan fingerprint density at radius 2 is 1.97 bits per heavy atom. The van der Waals surface area contributed by atoms with Crippen molar-refractivity contribution in [2.75, 3.05) is 17.6 Å². The predicted molar refractivity (Wildman–Crippen MR) is 100 cm³/mol. The number of carbonyl (C=O) groups is 1. The van der Waals surface area contributed by atoms with E-state index in [1.54, 1.807) is 0 Å². The Kier molecular flexibility index (Phi) is 5.33. The summed E-state index contributed by atoms with van der Waals surface area (Å²) >= 11 is 5.87. The number of nitrogen functional groups attached to an aromatic ring is 1. The van der Waals surface area contributed by atoms with Gasteiger partial charge in [0.25, 0.3) is 0 Å². The number of benzene rings is 1. The van der Waals surface area contributed by atoms with Crippen molar-refractivity contribution in [3.63, 3.8) is 0 Å². The Balaban J connectivity index is 2.28. The molecule has 0 unspecified atom stereocenters. The second-order valence-corrected chi connectivity index (χ2v) is 6.29. The first-order valence-corrected chi connectivity index (χ1v) is 8.41. The highest BCUT2D eigenvalue weighted by Crippen LogP contribution is 2.29. The maximum atomic E-state index is 13.0. The number of rotatable bonds is 4. The van der Waals surface area contributed by atoms with Crippen LogP contribution >= 0.6 is 11.6 Å². The zero-order valence-corrected chi connectivity index (χ0v) is 15.5. The number of nitrogens with zero attached hydrogens (tertiary/aromatic N) is 3. The maximum Gasteiger partial charge on any atom is 0.405 e. The summed E-state index contributed by atoms with van der Waals surface area (Å²) in [7, 11) is 0. The Bertz CT molecular complexity index is 1150. The lowest BCUT2D eigenvalue weighted by Crippen LogP contribution is -2.26. The van der Waals surface area contributed by atoms with Crippen LogP contribution in [-0.4, -0.2) is 33.2 Å². The summed E-state index contributed by atoms with van der Waals surface area (Å²) in [6.45, 7) is -0.277. The molecule has 0 atom stereocenters. The van der Waals surface area contributed by atoms with Gasteiger partial charge in [0.1, 0.15) is 6.54 Å². The second kappa shape index (κ2) is 7.59. The van der Waals surface area contributed by atoms with Gasteiger partial charge in [0.05, 0.1) is 16.8 Å². The molecule has 0 bridgehead atoms. The highest BCUT2D eigenvalue weighted by molar-refractivity contribution is 6.30.